The van der Waals surface area contributed by atoms with Gasteiger partial charge in [-0.15, -0.1) is 35.3 Å². The van der Waals surface area contributed by atoms with Gasteiger partial charge in [0.05, 0.1) is 36.2 Å². The molecule has 166 valence electrons. The second-order valence-electron chi connectivity index (χ2n) is 6.72. The average Bonchev–Trinajstić information content (AvgIpc) is 3.39. The van der Waals surface area contributed by atoms with Crippen LogP contribution in [0.2, 0.25) is 0 Å². The van der Waals surface area contributed by atoms with E-state index in [-0.39, 0.29) is 29.9 Å². The van der Waals surface area contributed by atoms with Crippen molar-refractivity contribution in [3.63, 3.8) is 0 Å². The highest BCUT2D eigenvalue weighted by Gasteiger charge is 2.12. The van der Waals surface area contributed by atoms with E-state index in [0.717, 1.165) is 35.3 Å². The number of rotatable bonds is 8. The number of halogens is 1. The standard InChI is InChI=1S/C21H27N7OS.HI/c1-4-22-21(24-11-10-23-20(29)19-15(2)26-14-30-19)28(3)13-18-25-12-17(27-18)16-8-6-5-7-9-16;/h5-9,12,14H,4,10-11,13H2,1-3H3,(H,22,24)(H,23,29)(H,25,27);1H. The van der Waals surface area contributed by atoms with E-state index in [9.17, 15) is 4.79 Å². The van der Waals surface area contributed by atoms with Gasteiger partial charge in [0.15, 0.2) is 5.96 Å². The SMILES string of the molecule is CCNC(=NCCNC(=O)c1scnc1C)N(C)Cc1ncc(-c2ccccc2)[nH]1.I. The predicted molar refractivity (Wildman–Crippen MR) is 136 cm³/mol. The Bertz CT molecular complexity index is 987. The molecular formula is C21H28IN7OS. The van der Waals surface area contributed by atoms with Gasteiger partial charge in [-0.3, -0.25) is 9.79 Å². The van der Waals surface area contributed by atoms with Gasteiger partial charge in [0.1, 0.15) is 10.7 Å². The molecule has 3 aromatic rings. The fraction of sp³-hybridized carbons (Fsp3) is 0.333. The summed E-state index contributed by atoms with van der Waals surface area (Å²) >= 11 is 1.35. The van der Waals surface area contributed by atoms with Crippen LogP contribution < -0.4 is 10.6 Å². The molecule has 0 aliphatic heterocycles. The van der Waals surface area contributed by atoms with Crippen LogP contribution in [0.4, 0.5) is 0 Å². The zero-order chi connectivity index (χ0) is 21.3. The average molecular weight is 553 g/mol. The summed E-state index contributed by atoms with van der Waals surface area (Å²) in [5, 5.41) is 6.17. The Labute approximate surface area is 203 Å². The van der Waals surface area contributed by atoms with Crippen molar-refractivity contribution in [2.24, 2.45) is 4.99 Å². The van der Waals surface area contributed by atoms with Crippen LogP contribution in [0, 0.1) is 6.92 Å². The molecule has 2 heterocycles. The number of aliphatic imine (C=N–C) groups is 1. The van der Waals surface area contributed by atoms with E-state index in [1.165, 1.54) is 11.3 Å². The summed E-state index contributed by atoms with van der Waals surface area (Å²) in [5.41, 5.74) is 4.52. The molecule has 3 rings (SSSR count). The summed E-state index contributed by atoms with van der Waals surface area (Å²) in [7, 11) is 1.96. The van der Waals surface area contributed by atoms with E-state index in [1.807, 2.05) is 50.2 Å². The number of H-pyrrole nitrogens is 1. The first-order valence-electron chi connectivity index (χ1n) is 9.85. The molecule has 0 radical (unpaired) electrons. The van der Waals surface area contributed by atoms with Gasteiger partial charge in [0, 0.05) is 20.1 Å². The summed E-state index contributed by atoms with van der Waals surface area (Å²) in [6.07, 6.45) is 1.85. The van der Waals surface area contributed by atoms with E-state index in [1.54, 1.807) is 5.51 Å². The molecule has 0 atom stereocenters. The van der Waals surface area contributed by atoms with E-state index < -0.39 is 0 Å². The van der Waals surface area contributed by atoms with Gasteiger partial charge in [0.25, 0.3) is 5.91 Å². The number of benzene rings is 1. The topological polar surface area (TPSA) is 98.3 Å². The zero-order valence-electron chi connectivity index (χ0n) is 17.9. The van der Waals surface area contributed by atoms with E-state index in [0.29, 0.717) is 24.5 Å². The summed E-state index contributed by atoms with van der Waals surface area (Å²) in [6.45, 7) is 6.13. The number of hydrogen-bond acceptors (Lipinski definition) is 5. The third-order valence-corrected chi connectivity index (χ3v) is 5.33. The third kappa shape index (κ3) is 7.03. The van der Waals surface area contributed by atoms with Crippen molar-refractivity contribution in [1.82, 2.24) is 30.5 Å². The summed E-state index contributed by atoms with van der Waals surface area (Å²) < 4.78 is 0. The number of hydrogen-bond donors (Lipinski definition) is 3. The molecule has 0 saturated heterocycles. The van der Waals surface area contributed by atoms with Crippen LogP contribution in [0.15, 0.2) is 47.0 Å². The molecule has 1 amide bonds. The minimum Gasteiger partial charge on any atom is -0.357 e. The van der Waals surface area contributed by atoms with Crippen molar-refractivity contribution in [3.05, 3.63) is 58.4 Å². The highest BCUT2D eigenvalue weighted by Crippen LogP contribution is 2.16. The number of carbonyl (C=O) groups excluding carboxylic acids is 1. The fourth-order valence-corrected chi connectivity index (χ4v) is 3.63. The lowest BCUT2D eigenvalue weighted by atomic mass is 10.2. The Morgan fingerprint density at radius 1 is 1.23 bits per heavy atom. The van der Waals surface area contributed by atoms with E-state index >= 15 is 0 Å². The molecule has 0 fully saturated rings. The molecule has 3 N–H and O–H groups in total. The van der Waals surface area contributed by atoms with E-state index in [4.69, 9.17) is 0 Å². The maximum Gasteiger partial charge on any atom is 0.263 e. The zero-order valence-corrected chi connectivity index (χ0v) is 21.0. The maximum absolute atomic E-state index is 12.2. The van der Waals surface area contributed by atoms with Gasteiger partial charge in [-0.1, -0.05) is 30.3 Å². The van der Waals surface area contributed by atoms with Gasteiger partial charge >= 0.3 is 0 Å². The van der Waals surface area contributed by atoms with Crippen LogP contribution in [0.1, 0.15) is 28.1 Å². The van der Waals surface area contributed by atoms with Crippen molar-refractivity contribution < 1.29 is 4.79 Å². The number of nitrogens with one attached hydrogen (secondary N) is 3. The summed E-state index contributed by atoms with van der Waals surface area (Å²) in [5.74, 6) is 1.52. The lowest BCUT2D eigenvalue weighted by Crippen LogP contribution is -2.39. The smallest absolute Gasteiger partial charge is 0.263 e. The van der Waals surface area contributed by atoms with Crippen LogP contribution in [-0.4, -0.2) is 58.4 Å². The monoisotopic (exact) mass is 553 g/mol. The molecule has 10 heteroatoms. The molecule has 0 bridgehead atoms. The molecule has 0 unspecified atom stereocenters. The van der Waals surface area contributed by atoms with Gasteiger partial charge in [-0.2, -0.15) is 0 Å². The maximum atomic E-state index is 12.2. The van der Waals surface area contributed by atoms with Crippen LogP contribution in [0.5, 0.6) is 0 Å². The first kappa shape index (κ1) is 24.8. The van der Waals surface area contributed by atoms with Crippen molar-refractivity contribution in [1.29, 1.82) is 0 Å². The second kappa shape index (κ2) is 12.4. The molecule has 2 aromatic heterocycles. The summed E-state index contributed by atoms with van der Waals surface area (Å²) in [4.78, 5) is 31.4. The van der Waals surface area contributed by atoms with E-state index in [2.05, 4.69) is 42.7 Å². The molecule has 31 heavy (non-hydrogen) atoms. The van der Waals surface area contributed by atoms with Gasteiger partial charge in [0.2, 0.25) is 0 Å². The lowest BCUT2D eigenvalue weighted by Gasteiger charge is -2.21. The number of aromatic amines is 1. The number of aromatic nitrogens is 3. The summed E-state index contributed by atoms with van der Waals surface area (Å²) in [6, 6.07) is 10.1. The van der Waals surface area contributed by atoms with Crippen molar-refractivity contribution in [2.45, 2.75) is 20.4 Å². The highest BCUT2D eigenvalue weighted by atomic mass is 127. The van der Waals surface area contributed by atoms with Crippen LogP contribution >= 0.6 is 35.3 Å². The van der Waals surface area contributed by atoms with Gasteiger partial charge in [-0.05, 0) is 19.4 Å². The number of nitrogens with zero attached hydrogens (tertiary/aromatic N) is 4. The van der Waals surface area contributed by atoms with Crippen molar-refractivity contribution in [3.8, 4) is 11.3 Å². The Hall–Kier alpha value is -2.47. The molecule has 0 spiro atoms. The minimum atomic E-state index is -0.104. The van der Waals surface area contributed by atoms with Gasteiger partial charge < -0.3 is 20.5 Å². The number of imidazole rings is 1. The molecule has 0 aliphatic carbocycles. The van der Waals surface area contributed by atoms with Crippen LogP contribution in [0.25, 0.3) is 11.3 Å². The highest BCUT2D eigenvalue weighted by molar-refractivity contribution is 14.0. The van der Waals surface area contributed by atoms with Crippen molar-refractivity contribution >= 4 is 47.2 Å². The largest absolute Gasteiger partial charge is 0.357 e. The quantitative estimate of drug-likeness (QED) is 0.172. The molecular weight excluding hydrogens is 525 g/mol. The second-order valence-corrected chi connectivity index (χ2v) is 7.58. The number of amides is 1. The molecule has 1 aromatic carbocycles. The molecule has 0 saturated carbocycles. The lowest BCUT2D eigenvalue weighted by molar-refractivity contribution is 0.0958. The van der Waals surface area contributed by atoms with Crippen LogP contribution in [-0.2, 0) is 6.54 Å². The van der Waals surface area contributed by atoms with Crippen molar-refractivity contribution in [2.75, 3.05) is 26.7 Å². The Morgan fingerprint density at radius 3 is 2.68 bits per heavy atom. The Kier molecular flexibility index (Phi) is 9.92. The molecule has 0 aliphatic rings. The Morgan fingerprint density at radius 2 is 2.00 bits per heavy atom. The minimum absolute atomic E-state index is 0. The number of guanidine groups is 1. The Balaban J connectivity index is 0.00000341. The fourth-order valence-electron chi connectivity index (χ4n) is 2.91. The van der Waals surface area contributed by atoms with Crippen LogP contribution in [0.3, 0.4) is 0 Å². The predicted octanol–water partition coefficient (Wildman–Crippen LogP) is 3.29. The first-order chi connectivity index (χ1) is 14.6. The normalized spacial score (nSPS) is 11.0. The number of aryl methyl sites for hydroxylation is 1. The number of carbonyl (C=O) groups is 1. The molecule has 8 nitrogen and oxygen atoms in total. The van der Waals surface area contributed by atoms with Gasteiger partial charge in [-0.25, -0.2) is 9.97 Å². The third-order valence-electron chi connectivity index (χ3n) is 4.41. The first-order valence-corrected chi connectivity index (χ1v) is 10.7. The number of thiazole rings is 1.